The normalized spacial score (nSPS) is 13.0. The lowest BCUT2D eigenvalue weighted by Gasteiger charge is -1.96. The minimum absolute atomic E-state index is 0.414. The van der Waals surface area contributed by atoms with Gasteiger partial charge >= 0.3 is 5.38 Å². The molecule has 0 unspecified atom stereocenters. The van der Waals surface area contributed by atoms with Gasteiger partial charge in [-0.2, -0.15) is 8.78 Å². The smallest absolute Gasteiger partial charge is 0.341 e. The van der Waals surface area contributed by atoms with E-state index < -0.39 is 12.0 Å². The molecule has 0 bridgehead atoms. The van der Waals surface area contributed by atoms with Crippen LogP contribution in [0, 0.1) is 0 Å². The minimum Gasteiger partial charge on any atom is -0.392 e. The summed E-state index contributed by atoms with van der Waals surface area (Å²) < 4.78 is 23.0. The maximum atomic E-state index is 11.5. The largest absolute Gasteiger partial charge is 0.392 e. The molecule has 48 valence electrons. The van der Waals surface area contributed by atoms with Crippen LogP contribution in [0.25, 0.3) is 0 Å². The quantitative estimate of drug-likeness (QED) is 0.456. The highest BCUT2D eigenvalue weighted by atomic mass is 35.5. The summed E-state index contributed by atoms with van der Waals surface area (Å²) in [6.07, 6.45) is 1.31. The number of alkyl halides is 3. The molecule has 4 heteroatoms. The van der Waals surface area contributed by atoms with E-state index in [4.69, 9.17) is 5.11 Å². The van der Waals surface area contributed by atoms with E-state index in [2.05, 4.69) is 11.6 Å². The van der Waals surface area contributed by atoms with E-state index in [1.165, 1.54) is 0 Å². The molecular weight excluding hydrogens is 137 g/mol. The van der Waals surface area contributed by atoms with Crippen LogP contribution in [0.4, 0.5) is 8.78 Å². The van der Waals surface area contributed by atoms with Crippen molar-refractivity contribution in [2.24, 2.45) is 0 Å². The second kappa shape index (κ2) is 2.99. The lowest BCUT2D eigenvalue weighted by molar-refractivity contribution is 0.152. The second-order valence-electron chi connectivity index (χ2n) is 1.13. The second-order valence-corrected chi connectivity index (χ2v) is 1.63. The van der Waals surface area contributed by atoms with Crippen LogP contribution >= 0.6 is 11.6 Å². The van der Waals surface area contributed by atoms with Gasteiger partial charge in [0, 0.05) is 0 Å². The third-order valence-corrected chi connectivity index (χ3v) is 0.538. The first-order valence-corrected chi connectivity index (χ1v) is 2.29. The predicted molar refractivity (Wildman–Crippen MR) is 27.0 cm³/mol. The first kappa shape index (κ1) is 7.85. The molecule has 0 saturated carbocycles. The van der Waals surface area contributed by atoms with E-state index in [1.807, 2.05) is 0 Å². The number of aliphatic hydroxyl groups is 1. The Morgan fingerprint density at radius 3 is 2.25 bits per heavy atom. The topological polar surface area (TPSA) is 20.2 Å². The Hall–Kier alpha value is -0.150. The Morgan fingerprint density at radius 2 is 2.12 bits per heavy atom. The number of hydrogen-bond donors (Lipinski definition) is 1. The standard InChI is InChI=1S/C4H5ClF2O/c5-4(6,7)2-1-3-8/h1-2,8H,3H2. The molecule has 0 spiro atoms. The molecule has 0 atom stereocenters. The highest BCUT2D eigenvalue weighted by Gasteiger charge is 2.18. The van der Waals surface area contributed by atoms with Crippen molar-refractivity contribution in [2.45, 2.75) is 5.38 Å². The maximum Gasteiger partial charge on any atom is 0.341 e. The molecule has 1 N–H and O–H groups in total. The average molecular weight is 143 g/mol. The molecule has 8 heavy (non-hydrogen) atoms. The predicted octanol–water partition coefficient (Wildman–Crippen LogP) is 1.37. The molecule has 0 rings (SSSR count). The summed E-state index contributed by atoms with van der Waals surface area (Å²) in [6, 6.07) is 0. The molecule has 0 aromatic rings. The number of halogens is 3. The van der Waals surface area contributed by atoms with Crippen LogP contribution in [0.3, 0.4) is 0 Å². The number of aliphatic hydroxyl groups excluding tert-OH is 1. The Kier molecular flexibility index (Phi) is 2.94. The van der Waals surface area contributed by atoms with Gasteiger partial charge in [-0.05, 0) is 17.7 Å². The molecule has 1 nitrogen and oxygen atoms in total. The lowest BCUT2D eigenvalue weighted by Crippen LogP contribution is -1.98. The first-order valence-electron chi connectivity index (χ1n) is 1.91. The Morgan fingerprint density at radius 1 is 1.62 bits per heavy atom. The monoisotopic (exact) mass is 142 g/mol. The molecule has 0 radical (unpaired) electrons. The van der Waals surface area contributed by atoms with Gasteiger partial charge < -0.3 is 5.11 Å². The summed E-state index contributed by atoms with van der Waals surface area (Å²) in [4.78, 5) is 0. The summed E-state index contributed by atoms with van der Waals surface area (Å²) in [6.45, 7) is -0.414. The van der Waals surface area contributed by atoms with Crippen LogP contribution in [0.5, 0.6) is 0 Å². The zero-order chi connectivity index (χ0) is 6.62. The fourth-order valence-electron chi connectivity index (χ4n) is 0.186. The van der Waals surface area contributed by atoms with Gasteiger partial charge in [0.25, 0.3) is 0 Å². The number of rotatable bonds is 2. The van der Waals surface area contributed by atoms with E-state index in [0.717, 1.165) is 6.08 Å². The highest BCUT2D eigenvalue weighted by molar-refractivity contribution is 6.22. The zero-order valence-corrected chi connectivity index (χ0v) is 4.70. The first-order chi connectivity index (χ1) is 3.56. The van der Waals surface area contributed by atoms with Gasteiger partial charge in [0.1, 0.15) is 0 Å². The van der Waals surface area contributed by atoms with Gasteiger partial charge in [0.2, 0.25) is 0 Å². The highest BCUT2D eigenvalue weighted by Crippen LogP contribution is 2.19. The molecule has 0 heterocycles. The van der Waals surface area contributed by atoms with Gasteiger partial charge in [0.15, 0.2) is 0 Å². The van der Waals surface area contributed by atoms with Gasteiger partial charge in [-0.15, -0.1) is 0 Å². The third kappa shape index (κ3) is 5.85. The fourth-order valence-corrected chi connectivity index (χ4v) is 0.275. The molecule has 0 amide bonds. The summed E-state index contributed by atoms with van der Waals surface area (Å²) in [5.41, 5.74) is 0. The van der Waals surface area contributed by atoms with Crippen molar-refractivity contribution >= 4 is 11.6 Å². The van der Waals surface area contributed by atoms with E-state index in [-0.39, 0.29) is 0 Å². The fraction of sp³-hybridized carbons (Fsp3) is 0.500. The van der Waals surface area contributed by atoms with Crippen LogP contribution in [0.15, 0.2) is 12.2 Å². The molecule has 0 aliphatic heterocycles. The Balaban J connectivity index is 3.52. The van der Waals surface area contributed by atoms with E-state index >= 15 is 0 Å². The average Bonchev–Trinajstić information content (AvgIpc) is 1.59. The van der Waals surface area contributed by atoms with Crippen molar-refractivity contribution in [2.75, 3.05) is 6.61 Å². The minimum atomic E-state index is -3.32. The third-order valence-electron chi connectivity index (χ3n) is 0.412. The van der Waals surface area contributed by atoms with Gasteiger partial charge in [-0.25, -0.2) is 0 Å². The molecule has 0 aliphatic rings. The van der Waals surface area contributed by atoms with Gasteiger partial charge in [-0.1, -0.05) is 6.08 Å². The van der Waals surface area contributed by atoms with Crippen LogP contribution in [-0.2, 0) is 0 Å². The van der Waals surface area contributed by atoms with Crippen molar-refractivity contribution in [3.8, 4) is 0 Å². The molecule has 0 fully saturated rings. The summed E-state index contributed by atoms with van der Waals surface area (Å²) in [7, 11) is 0. The Bertz CT molecular complexity index is 86.5. The molecular formula is C4H5ClF2O. The lowest BCUT2D eigenvalue weighted by atomic mass is 10.5. The van der Waals surface area contributed by atoms with E-state index in [1.54, 1.807) is 0 Å². The molecule has 0 saturated heterocycles. The zero-order valence-electron chi connectivity index (χ0n) is 3.94. The Labute approximate surface area is 50.6 Å². The molecule has 0 aliphatic carbocycles. The van der Waals surface area contributed by atoms with Crippen molar-refractivity contribution in [3.63, 3.8) is 0 Å². The van der Waals surface area contributed by atoms with Crippen LogP contribution in [-0.4, -0.2) is 17.1 Å². The SMILES string of the molecule is OCC=CC(F)(F)Cl. The van der Waals surface area contributed by atoms with Crippen LogP contribution in [0.2, 0.25) is 0 Å². The summed E-state index contributed by atoms with van der Waals surface area (Å²) >= 11 is 4.38. The van der Waals surface area contributed by atoms with Crippen LogP contribution < -0.4 is 0 Å². The van der Waals surface area contributed by atoms with Gasteiger partial charge in [-0.3, -0.25) is 0 Å². The van der Waals surface area contributed by atoms with Crippen molar-refractivity contribution in [1.82, 2.24) is 0 Å². The van der Waals surface area contributed by atoms with Crippen molar-refractivity contribution < 1.29 is 13.9 Å². The molecule has 0 aromatic heterocycles. The number of hydrogen-bond acceptors (Lipinski definition) is 1. The summed E-state index contributed by atoms with van der Waals surface area (Å²) in [5, 5.41) is 4.63. The van der Waals surface area contributed by atoms with Crippen LogP contribution in [0.1, 0.15) is 0 Å². The summed E-state index contributed by atoms with van der Waals surface area (Å²) in [5.74, 6) is 0. The molecule has 0 aromatic carbocycles. The maximum absolute atomic E-state index is 11.5. The van der Waals surface area contributed by atoms with E-state index in [9.17, 15) is 8.78 Å². The van der Waals surface area contributed by atoms with Crippen molar-refractivity contribution in [3.05, 3.63) is 12.2 Å². The van der Waals surface area contributed by atoms with E-state index in [0.29, 0.717) is 6.08 Å². The van der Waals surface area contributed by atoms with Gasteiger partial charge in [0.05, 0.1) is 6.61 Å². The number of allylic oxidation sites excluding steroid dienone is 1. The van der Waals surface area contributed by atoms with Crippen molar-refractivity contribution in [1.29, 1.82) is 0 Å².